The molecule has 2 aliphatic rings. The molecule has 1 unspecified atom stereocenters. The molecule has 0 spiro atoms. The first-order valence-corrected chi connectivity index (χ1v) is 6.45. The van der Waals surface area contributed by atoms with Crippen molar-refractivity contribution in [2.45, 2.75) is 44.6 Å². The van der Waals surface area contributed by atoms with E-state index in [2.05, 4.69) is 15.1 Å². The number of aromatic nitrogens is 3. The minimum Gasteiger partial charge on any atom is -0.319 e. The van der Waals surface area contributed by atoms with Crippen LogP contribution in [0.1, 0.15) is 43.3 Å². The minimum absolute atomic E-state index is 0.667. The van der Waals surface area contributed by atoms with Gasteiger partial charge < -0.3 is 5.32 Å². The highest BCUT2D eigenvalue weighted by Crippen LogP contribution is 2.35. The predicted molar refractivity (Wildman–Crippen MR) is 62.4 cm³/mol. The fraction of sp³-hybridized carbons (Fsp3) is 0.833. The Bertz CT molecular complexity index is 367. The molecule has 1 atom stereocenters. The molecule has 1 fully saturated rings. The average molecular weight is 220 g/mol. The summed E-state index contributed by atoms with van der Waals surface area (Å²) in [6.07, 6.45) is 6.28. The number of aryl methyl sites for hydroxylation is 1. The van der Waals surface area contributed by atoms with Gasteiger partial charge in [0.25, 0.3) is 0 Å². The molecule has 1 aliphatic carbocycles. The summed E-state index contributed by atoms with van der Waals surface area (Å²) in [7, 11) is 2.03. The fourth-order valence-corrected chi connectivity index (χ4v) is 2.69. The van der Waals surface area contributed by atoms with Crippen molar-refractivity contribution in [3.8, 4) is 0 Å². The van der Waals surface area contributed by atoms with Crippen LogP contribution in [-0.2, 0) is 13.0 Å². The van der Waals surface area contributed by atoms with E-state index in [1.54, 1.807) is 0 Å². The van der Waals surface area contributed by atoms with Crippen molar-refractivity contribution in [2.75, 3.05) is 13.6 Å². The van der Waals surface area contributed by atoms with E-state index in [1.165, 1.54) is 31.5 Å². The quantitative estimate of drug-likeness (QED) is 0.835. The molecule has 1 aromatic heterocycles. The molecule has 3 rings (SSSR count). The predicted octanol–water partition coefficient (Wildman–Crippen LogP) is 1.33. The van der Waals surface area contributed by atoms with E-state index in [0.29, 0.717) is 5.92 Å². The molecule has 4 heteroatoms. The van der Waals surface area contributed by atoms with Gasteiger partial charge in [-0.3, -0.25) is 0 Å². The summed E-state index contributed by atoms with van der Waals surface area (Å²) in [5.41, 5.74) is 0. The Balaban J connectivity index is 1.74. The first kappa shape index (κ1) is 10.3. The van der Waals surface area contributed by atoms with Gasteiger partial charge in [0.2, 0.25) is 0 Å². The van der Waals surface area contributed by atoms with Crippen LogP contribution in [0.25, 0.3) is 0 Å². The molecule has 0 saturated heterocycles. The molecule has 4 nitrogen and oxygen atoms in total. The van der Waals surface area contributed by atoms with Gasteiger partial charge in [-0.1, -0.05) is 6.42 Å². The Labute approximate surface area is 96.4 Å². The summed E-state index contributed by atoms with van der Waals surface area (Å²) in [6.45, 7) is 2.16. The Morgan fingerprint density at radius 1 is 1.38 bits per heavy atom. The summed E-state index contributed by atoms with van der Waals surface area (Å²) in [5.74, 6) is 3.75. The third-order valence-corrected chi connectivity index (χ3v) is 3.95. The molecule has 1 N–H and O–H groups in total. The van der Waals surface area contributed by atoms with E-state index >= 15 is 0 Å². The molecular formula is C12H20N4. The van der Waals surface area contributed by atoms with Crippen LogP contribution in [0.3, 0.4) is 0 Å². The second-order valence-corrected chi connectivity index (χ2v) is 5.15. The van der Waals surface area contributed by atoms with Gasteiger partial charge in [0.15, 0.2) is 5.82 Å². The van der Waals surface area contributed by atoms with Gasteiger partial charge in [0.1, 0.15) is 5.82 Å². The third kappa shape index (κ3) is 1.75. The minimum atomic E-state index is 0.667. The Morgan fingerprint density at radius 2 is 2.25 bits per heavy atom. The number of nitrogens with zero attached hydrogens (tertiary/aromatic N) is 3. The zero-order valence-electron chi connectivity index (χ0n) is 9.95. The molecule has 0 amide bonds. The zero-order valence-corrected chi connectivity index (χ0v) is 9.95. The summed E-state index contributed by atoms with van der Waals surface area (Å²) in [6, 6.07) is 0. The monoisotopic (exact) mass is 220 g/mol. The van der Waals surface area contributed by atoms with Gasteiger partial charge in [-0.15, -0.1) is 0 Å². The second-order valence-electron chi connectivity index (χ2n) is 5.15. The van der Waals surface area contributed by atoms with Gasteiger partial charge in [-0.05, 0) is 38.8 Å². The number of rotatable bonds is 3. The molecule has 16 heavy (non-hydrogen) atoms. The normalized spacial score (nSPS) is 25.2. The first-order valence-electron chi connectivity index (χ1n) is 6.45. The maximum Gasteiger partial charge on any atom is 0.154 e. The van der Waals surface area contributed by atoms with Crippen LogP contribution >= 0.6 is 0 Å². The lowest BCUT2D eigenvalue weighted by atomic mass is 9.85. The van der Waals surface area contributed by atoms with E-state index in [4.69, 9.17) is 4.98 Å². The summed E-state index contributed by atoms with van der Waals surface area (Å²) in [5, 5.41) is 7.92. The molecule has 1 saturated carbocycles. The molecular weight excluding hydrogens is 200 g/mol. The molecule has 88 valence electrons. The van der Waals surface area contributed by atoms with Crippen LogP contribution in [0.15, 0.2) is 0 Å². The molecule has 2 heterocycles. The number of hydrogen-bond acceptors (Lipinski definition) is 3. The van der Waals surface area contributed by atoms with Crippen molar-refractivity contribution in [2.24, 2.45) is 5.92 Å². The van der Waals surface area contributed by atoms with Crippen molar-refractivity contribution in [3.05, 3.63) is 11.6 Å². The van der Waals surface area contributed by atoms with Crippen molar-refractivity contribution in [3.63, 3.8) is 0 Å². The fourth-order valence-electron chi connectivity index (χ4n) is 2.69. The smallest absolute Gasteiger partial charge is 0.154 e. The Morgan fingerprint density at radius 3 is 2.94 bits per heavy atom. The van der Waals surface area contributed by atoms with Crippen LogP contribution in [0.2, 0.25) is 0 Å². The molecule has 0 radical (unpaired) electrons. The van der Waals surface area contributed by atoms with Crippen LogP contribution in [-0.4, -0.2) is 28.4 Å². The van der Waals surface area contributed by atoms with E-state index in [9.17, 15) is 0 Å². The summed E-state index contributed by atoms with van der Waals surface area (Å²) >= 11 is 0. The summed E-state index contributed by atoms with van der Waals surface area (Å²) < 4.78 is 2.14. The van der Waals surface area contributed by atoms with E-state index in [0.717, 1.165) is 31.3 Å². The Hall–Kier alpha value is -0.900. The Kier molecular flexibility index (Phi) is 2.67. The first-order chi connectivity index (χ1) is 7.86. The van der Waals surface area contributed by atoms with Crippen LogP contribution < -0.4 is 5.32 Å². The van der Waals surface area contributed by atoms with Gasteiger partial charge in [0.05, 0.1) is 0 Å². The molecule has 0 bridgehead atoms. The number of fused-ring (bicyclic) bond motifs is 1. The van der Waals surface area contributed by atoms with Crippen molar-refractivity contribution in [1.29, 1.82) is 0 Å². The maximum absolute atomic E-state index is 4.73. The lowest BCUT2D eigenvalue weighted by Gasteiger charge is -2.21. The van der Waals surface area contributed by atoms with Gasteiger partial charge in [-0.2, -0.15) is 5.10 Å². The van der Waals surface area contributed by atoms with Gasteiger partial charge in [-0.25, -0.2) is 9.67 Å². The van der Waals surface area contributed by atoms with Crippen molar-refractivity contribution >= 4 is 0 Å². The maximum atomic E-state index is 4.73. The lowest BCUT2D eigenvalue weighted by Crippen LogP contribution is -2.27. The summed E-state index contributed by atoms with van der Waals surface area (Å²) in [4.78, 5) is 4.73. The number of nitrogens with one attached hydrogen (secondary N) is 1. The standard InChI is InChI=1S/C12H20N4/c1-13-8-9-5-6-16-11(7-9)14-12(15-16)10-3-2-4-10/h9-10,13H,2-8H2,1H3. The molecule has 1 aliphatic heterocycles. The highest BCUT2D eigenvalue weighted by Gasteiger charge is 2.27. The SMILES string of the molecule is CNCC1CCn2nc(C3CCC3)nc2C1. The van der Waals surface area contributed by atoms with E-state index < -0.39 is 0 Å². The molecule has 0 aromatic carbocycles. The third-order valence-electron chi connectivity index (χ3n) is 3.95. The van der Waals surface area contributed by atoms with E-state index in [-0.39, 0.29) is 0 Å². The lowest BCUT2D eigenvalue weighted by molar-refractivity contribution is 0.352. The topological polar surface area (TPSA) is 42.7 Å². The highest BCUT2D eigenvalue weighted by atomic mass is 15.4. The van der Waals surface area contributed by atoms with Gasteiger partial charge >= 0.3 is 0 Å². The van der Waals surface area contributed by atoms with Crippen molar-refractivity contribution in [1.82, 2.24) is 20.1 Å². The van der Waals surface area contributed by atoms with Crippen LogP contribution in [0.4, 0.5) is 0 Å². The van der Waals surface area contributed by atoms with Crippen LogP contribution in [0, 0.1) is 5.92 Å². The van der Waals surface area contributed by atoms with Gasteiger partial charge in [0, 0.05) is 18.9 Å². The largest absolute Gasteiger partial charge is 0.319 e. The highest BCUT2D eigenvalue weighted by molar-refractivity contribution is 5.05. The second kappa shape index (κ2) is 4.17. The molecule has 1 aromatic rings. The average Bonchev–Trinajstić information content (AvgIpc) is 2.57. The van der Waals surface area contributed by atoms with E-state index in [1.807, 2.05) is 7.05 Å². The number of hydrogen-bond donors (Lipinski definition) is 1. The van der Waals surface area contributed by atoms with Crippen LogP contribution in [0.5, 0.6) is 0 Å². The zero-order chi connectivity index (χ0) is 11.0. The van der Waals surface area contributed by atoms with Crippen molar-refractivity contribution < 1.29 is 0 Å².